The zero-order valence-corrected chi connectivity index (χ0v) is 18.2. The first-order chi connectivity index (χ1) is 15.9. The summed E-state index contributed by atoms with van der Waals surface area (Å²) in [4.78, 5) is 30.7. The maximum Gasteiger partial charge on any atom is 0.267 e. The van der Waals surface area contributed by atoms with Crippen molar-refractivity contribution in [3.8, 4) is 17.1 Å². The Balaban J connectivity index is 1.66. The minimum Gasteiger partial charge on any atom is -0.368 e. The summed E-state index contributed by atoms with van der Waals surface area (Å²) in [5.74, 6) is 1.49. The summed E-state index contributed by atoms with van der Waals surface area (Å²) in [6, 6.07) is 4.60. The van der Waals surface area contributed by atoms with Crippen LogP contribution in [0.25, 0.3) is 28.0 Å². The van der Waals surface area contributed by atoms with Crippen molar-refractivity contribution in [3.63, 3.8) is 0 Å². The van der Waals surface area contributed by atoms with Crippen molar-refractivity contribution in [2.75, 3.05) is 11.1 Å². The Hall–Kier alpha value is -4.32. The van der Waals surface area contributed by atoms with Gasteiger partial charge in [0.2, 0.25) is 5.95 Å². The molecule has 1 aromatic carbocycles. The Morgan fingerprint density at radius 3 is 2.82 bits per heavy atom. The number of anilines is 2. The number of aryl methyl sites for hydroxylation is 1. The smallest absolute Gasteiger partial charge is 0.267 e. The molecule has 1 atom stereocenters. The molecule has 1 unspecified atom stereocenters. The average molecular weight is 465 g/mol. The second kappa shape index (κ2) is 7.98. The maximum absolute atomic E-state index is 13.5. The molecule has 0 saturated heterocycles. The average Bonchev–Trinajstić information content (AvgIpc) is 3.45. The quantitative estimate of drug-likeness (QED) is 0.351. The van der Waals surface area contributed by atoms with E-state index in [-0.39, 0.29) is 17.4 Å². The number of aromatic amines is 1. The lowest BCUT2D eigenvalue weighted by molar-refractivity contribution is 0.425. The number of fused-ring (bicyclic) bond motifs is 1. The van der Waals surface area contributed by atoms with Gasteiger partial charge >= 0.3 is 0 Å². The van der Waals surface area contributed by atoms with E-state index in [1.807, 2.05) is 6.92 Å². The molecule has 0 aliphatic carbocycles. The van der Waals surface area contributed by atoms with Crippen molar-refractivity contribution in [2.24, 2.45) is 0 Å². The molecule has 0 amide bonds. The summed E-state index contributed by atoms with van der Waals surface area (Å²) in [6.45, 7) is 3.53. The molecule has 0 saturated carbocycles. The highest BCUT2D eigenvalue weighted by molar-refractivity contribution is 6.35. The van der Waals surface area contributed by atoms with Crippen LogP contribution in [0.15, 0.2) is 46.1 Å². The Morgan fingerprint density at radius 2 is 2.09 bits per heavy atom. The van der Waals surface area contributed by atoms with Crippen molar-refractivity contribution in [1.82, 2.24) is 39.9 Å². The van der Waals surface area contributed by atoms with Gasteiger partial charge in [-0.2, -0.15) is 15.1 Å². The van der Waals surface area contributed by atoms with E-state index in [0.29, 0.717) is 44.6 Å². The molecule has 13 heteroatoms. The number of hydrogen-bond acceptors (Lipinski definition) is 10. The minimum absolute atomic E-state index is 0.0511. The van der Waals surface area contributed by atoms with E-state index >= 15 is 0 Å². The van der Waals surface area contributed by atoms with Gasteiger partial charge in [0.1, 0.15) is 17.2 Å². The molecule has 4 N–H and O–H groups in total. The van der Waals surface area contributed by atoms with Crippen molar-refractivity contribution in [3.05, 3.63) is 63.8 Å². The lowest BCUT2D eigenvalue weighted by Crippen LogP contribution is -2.27. The molecule has 5 rings (SSSR count). The van der Waals surface area contributed by atoms with Gasteiger partial charge < -0.3 is 15.6 Å². The number of hydrogen-bond donors (Lipinski definition) is 3. The number of nitrogens with zero attached hydrogens (tertiary/aromatic N) is 7. The molecule has 0 spiro atoms. The first-order valence-corrected chi connectivity index (χ1v) is 10.2. The van der Waals surface area contributed by atoms with Crippen LogP contribution >= 0.6 is 11.6 Å². The van der Waals surface area contributed by atoms with Crippen LogP contribution in [0, 0.1) is 6.92 Å². The fraction of sp³-hybridized carbons (Fsp3) is 0.150. The van der Waals surface area contributed by atoms with Gasteiger partial charge in [-0.1, -0.05) is 22.8 Å². The Bertz CT molecular complexity index is 1530. The molecule has 4 heterocycles. The first-order valence-electron chi connectivity index (χ1n) is 9.82. The molecule has 0 aliphatic heterocycles. The van der Waals surface area contributed by atoms with Crippen molar-refractivity contribution < 1.29 is 4.52 Å². The summed E-state index contributed by atoms with van der Waals surface area (Å²) in [7, 11) is 0. The number of nitrogens with one attached hydrogen (secondary N) is 2. The molecule has 0 aliphatic rings. The highest BCUT2D eigenvalue weighted by Gasteiger charge is 2.22. The number of nitrogen functional groups attached to an aromatic ring is 1. The summed E-state index contributed by atoms with van der Waals surface area (Å²) in [6.07, 6.45) is 4.61. The predicted octanol–water partition coefficient (Wildman–Crippen LogP) is 2.67. The van der Waals surface area contributed by atoms with E-state index in [0.717, 1.165) is 0 Å². The van der Waals surface area contributed by atoms with Crippen molar-refractivity contribution in [1.29, 1.82) is 0 Å². The van der Waals surface area contributed by atoms with Crippen LogP contribution in [0.1, 0.15) is 24.6 Å². The molecule has 166 valence electrons. The van der Waals surface area contributed by atoms with E-state index in [1.165, 1.54) is 17.0 Å². The normalized spacial score (nSPS) is 12.2. The minimum atomic E-state index is -0.520. The molecule has 4 aromatic heterocycles. The van der Waals surface area contributed by atoms with Crippen LogP contribution in [0.2, 0.25) is 5.02 Å². The van der Waals surface area contributed by atoms with Gasteiger partial charge in [-0.3, -0.25) is 14.5 Å². The van der Waals surface area contributed by atoms with Gasteiger partial charge in [0.15, 0.2) is 5.82 Å². The van der Waals surface area contributed by atoms with Gasteiger partial charge in [0, 0.05) is 12.4 Å². The maximum atomic E-state index is 13.5. The second-order valence-corrected chi connectivity index (χ2v) is 7.61. The lowest BCUT2D eigenvalue weighted by Gasteiger charge is -2.20. The largest absolute Gasteiger partial charge is 0.368 e. The molecule has 5 aromatic rings. The SMILES string of the molecule is Cc1noc(-c2cnc(N)nc2NC(C)c2nc3cccc(Cl)c3c(=O)n2-c2cn[nH]c2)n1. The standard InChI is InChI=1S/C20H17ClN10O2/c1-9(26-16-12(8-23-20(22)29-16)18-27-10(2)30-33-18)17-28-14-5-3-4-13(21)15(14)19(32)31(17)11-6-24-25-7-11/h3-9H,1-2H3,(H,24,25)(H3,22,23,26,29). The van der Waals surface area contributed by atoms with E-state index in [1.54, 1.807) is 31.3 Å². The summed E-state index contributed by atoms with van der Waals surface area (Å²) < 4.78 is 6.71. The van der Waals surface area contributed by atoms with E-state index < -0.39 is 6.04 Å². The zero-order chi connectivity index (χ0) is 23.1. The van der Waals surface area contributed by atoms with Gasteiger partial charge in [-0.15, -0.1) is 0 Å². The highest BCUT2D eigenvalue weighted by Crippen LogP contribution is 2.29. The predicted molar refractivity (Wildman–Crippen MR) is 121 cm³/mol. The third kappa shape index (κ3) is 3.65. The highest BCUT2D eigenvalue weighted by atomic mass is 35.5. The van der Waals surface area contributed by atoms with Crippen LogP contribution in [0.3, 0.4) is 0 Å². The molecule has 0 bridgehead atoms. The van der Waals surface area contributed by atoms with Crippen molar-refractivity contribution in [2.45, 2.75) is 19.9 Å². The summed E-state index contributed by atoms with van der Waals surface area (Å²) in [5.41, 5.74) is 6.92. The van der Waals surface area contributed by atoms with Gasteiger partial charge in [0.25, 0.3) is 11.4 Å². The van der Waals surface area contributed by atoms with Crippen LogP contribution in [-0.4, -0.2) is 39.9 Å². The van der Waals surface area contributed by atoms with Crippen LogP contribution < -0.4 is 16.6 Å². The molecular formula is C20H17ClN10O2. The number of nitrogens with two attached hydrogens (primary N) is 1. The number of halogens is 1. The van der Waals surface area contributed by atoms with Crippen LogP contribution in [0.5, 0.6) is 0 Å². The number of H-pyrrole nitrogens is 1. The number of rotatable bonds is 5. The number of aromatic nitrogens is 8. The molecular weight excluding hydrogens is 448 g/mol. The zero-order valence-electron chi connectivity index (χ0n) is 17.4. The van der Waals surface area contributed by atoms with E-state index in [2.05, 4.69) is 35.6 Å². The van der Waals surface area contributed by atoms with E-state index in [4.69, 9.17) is 26.8 Å². The third-order valence-corrected chi connectivity index (χ3v) is 5.24. The van der Waals surface area contributed by atoms with Crippen molar-refractivity contribution >= 4 is 34.3 Å². The van der Waals surface area contributed by atoms with Gasteiger partial charge in [0.05, 0.1) is 33.9 Å². The molecule has 12 nitrogen and oxygen atoms in total. The summed E-state index contributed by atoms with van der Waals surface area (Å²) >= 11 is 6.32. The molecule has 0 fully saturated rings. The fourth-order valence-corrected chi connectivity index (χ4v) is 3.70. The topological polar surface area (TPSA) is 166 Å². The van der Waals surface area contributed by atoms with Gasteiger partial charge in [-0.05, 0) is 26.0 Å². The Labute approximate surface area is 190 Å². The fourth-order valence-electron chi connectivity index (χ4n) is 3.45. The summed E-state index contributed by atoms with van der Waals surface area (Å²) in [5, 5.41) is 14.4. The van der Waals surface area contributed by atoms with Gasteiger partial charge in [-0.25, -0.2) is 9.97 Å². The molecule has 0 radical (unpaired) electrons. The van der Waals surface area contributed by atoms with Crippen LogP contribution in [0.4, 0.5) is 11.8 Å². The monoisotopic (exact) mass is 464 g/mol. The third-order valence-electron chi connectivity index (χ3n) is 4.92. The Kier molecular flexibility index (Phi) is 4.98. The molecule has 33 heavy (non-hydrogen) atoms. The van der Waals surface area contributed by atoms with E-state index in [9.17, 15) is 4.79 Å². The second-order valence-electron chi connectivity index (χ2n) is 7.20. The first kappa shape index (κ1) is 20.6. The Morgan fingerprint density at radius 1 is 1.24 bits per heavy atom. The number of benzene rings is 1. The lowest BCUT2D eigenvalue weighted by atomic mass is 10.2. The van der Waals surface area contributed by atoms with Crippen LogP contribution in [-0.2, 0) is 0 Å².